The minimum absolute atomic E-state index is 0.167. The Morgan fingerprint density at radius 3 is 2.30 bits per heavy atom. The van der Waals surface area contributed by atoms with Crippen LogP contribution in [0.4, 0.5) is 0 Å². The van der Waals surface area contributed by atoms with Gasteiger partial charge in [-0.25, -0.2) is 0 Å². The molecule has 1 aliphatic rings. The molecule has 0 aromatic heterocycles. The van der Waals surface area contributed by atoms with Gasteiger partial charge in [0.1, 0.15) is 6.04 Å². The molecule has 0 spiro atoms. The summed E-state index contributed by atoms with van der Waals surface area (Å²) in [6.45, 7) is 6.12. The Hall–Kier alpha value is -2.41. The molecule has 4 atom stereocenters. The molecule has 1 aromatic carbocycles. The van der Waals surface area contributed by atoms with E-state index in [0.717, 1.165) is 18.4 Å². The Morgan fingerprint density at radius 2 is 1.80 bits per heavy atom. The molecule has 30 heavy (non-hydrogen) atoms. The molecule has 0 aliphatic carbocycles. The van der Waals surface area contributed by atoms with E-state index in [-0.39, 0.29) is 24.3 Å². The second-order valence-corrected chi connectivity index (χ2v) is 8.18. The highest BCUT2D eigenvalue weighted by atomic mass is 16.4. The molecular formula is C23H35N3O4. The summed E-state index contributed by atoms with van der Waals surface area (Å²) < 4.78 is 0. The van der Waals surface area contributed by atoms with Crippen LogP contribution in [0.15, 0.2) is 30.3 Å². The van der Waals surface area contributed by atoms with Crippen molar-refractivity contribution in [3.8, 4) is 0 Å². The third kappa shape index (κ3) is 5.81. The molecule has 1 aliphatic heterocycles. The Bertz CT molecular complexity index is 720. The molecule has 2 rings (SSSR count). The van der Waals surface area contributed by atoms with Crippen LogP contribution in [0.25, 0.3) is 0 Å². The second-order valence-electron chi connectivity index (χ2n) is 8.18. The number of carboxylic acids is 1. The maximum Gasteiger partial charge on any atom is 0.320 e. The van der Waals surface area contributed by atoms with Crippen LogP contribution in [-0.4, -0.2) is 53.0 Å². The molecule has 0 radical (unpaired) electrons. The van der Waals surface area contributed by atoms with Crippen LogP contribution < -0.4 is 10.6 Å². The summed E-state index contributed by atoms with van der Waals surface area (Å²) in [5, 5.41) is 15.7. The van der Waals surface area contributed by atoms with E-state index in [1.807, 2.05) is 35.2 Å². The highest BCUT2D eigenvalue weighted by Gasteiger charge is 2.50. The van der Waals surface area contributed by atoms with E-state index in [1.165, 1.54) is 6.92 Å². The molecule has 166 valence electrons. The number of amides is 2. The average molecular weight is 418 g/mol. The number of likely N-dealkylation sites (tertiary alicyclic amines) is 1. The minimum Gasteiger partial charge on any atom is -0.480 e. The molecule has 1 aromatic rings. The van der Waals surface area contributed by atoms with Crippen molar-refractivity contribution >= 4 is 17.8 Å². The number of benzene rings is 1. The molecule has 0 saturated carbocycles. The molecular weight excluding hydrogens is 382 g/mol. The number of aliphatic carboxylic acids is 1. The van der Waals surface area contributed by atoms with Crippen molar-refractivity contribution in [2.75, 3.05) is 7.05 Å². The van der Waals surface area contributed by atoms with E-state index in [1.54, 1.807) is 7.05 Å². The summed E-state index contributed by atoms with van der Waals surface area (Å²) in [5.74, 6) is -1.41. The zero-order chi connectivity index (χ0) is 22.3. The van der Waals surface area contributed by atoms with Crippen molar-refractivity contribution in [3.05, 3.63) is 35.9 Å². The van der Waals surface area contributed by atoms with Gasteiger partial charge in [0.15, 0.2) is 0 Å². The summed E-state index contributed by atoms with van der Waals surface area (Å²) in [6.07, 6.45) is 2.86. The van der Waals surface area contributed by atoms with Gasteiger partial charge < -0.3 is 15.7 Å². The van der Waals surface area contributed by atoms with Crippen LogP contribution in [0.3, 0.4) is 0 Å². The Morgan fingerprint density at radius 1 is 1.17 bits per heavy atom. The number of hydrogen-bond acceptors (Lipinski definition) is 4. The standard InChI is InChI=1S/C23H35N3O4/c1-5-16(6-2)12-19(25-15(3)27)21-18(22(28)24-4)13-20(23(29)30)26(21)14-17-10-8-7-9-11-17/h7-11,16,18-21H,5-6,12-14H2,1-4H3,(H,24,28)(H,25,27)(H,29,30)/t18-,19+,20-,21-/m1/s1. The van der Waals surface area contributed by atoms with Gasteiger partial charge in [0, 0.05) is 32.6 Å². The topological polar surface area (TPSA) is 98.7 Å². The Labute approximate surface area is 179 Å². The highest BCUT2D eigenvalue weighted by Crippen LogP contribution is 2.36. The number of nitrogens with zero attached hydrogens (tertiary/aromatic N) is 1. The Kier molecular flexibility index (Phi) is 8.84. The minimum atomic E-state index is -0.938. The van der Waals surface area contributed by atoms with E-state index < -0.39 is 24.0 Å². The van der Waals surface area contributed by atoms with E-state index in [9.17, 15) is 19.5 Å². The molecule has 1 fully saturated rings. The number of carboxylic acid groups (broad SMARTS) is 1. The fourth-order valence-corrected chi connectivity index (χ4v) is 4.69. The number of carbonyl (C=O) groups is 3. The quantitative estimate of drug-likeness (QED) is 0.543. The van der Waals surface area contributed by atoms with E-state index in [2.05, 4.69) is 24.5 Å². The SMILES string of the molecule is CCC(CC)C[C@H](NC(C)=O)[C@H]1[C@H](C(=O)NC)C[C@H](C(=O)O)N1Cc1ccccc1. The maximum absolute atomic E-state index is 12.8. The van der Waals surface area contributed by atoms with Crippen LogP contribution >= 0.6 is 0 Å². The lowest BCUT2D eigenvalue weighted by Crippen LogP contribution is -2.55. The predicted octanol–water partition coefficient (Wildman–Crippen LogP) is 2.41. The molecule has 7 nitrogen and oxygen atoms in total. The highest BCUT2D eigenvalue weighted by molar-refractivity contribution is 5.83. The van der Waals surface area contributed by atoms with Gasteiger partial charge in [0.25, 0.3) is 0 Å². The number of nitrogens with one attached hydrogen (secondary N) is 2. The summed E-state index contributed by atoms with van der Waals surface area (Å²) in [6, 6.07) is 8.19. The Balaban J connectivity index is 2.48. The molecule has 3 N–H and O–H groups in total. The maximum atomic E-state index is 12.8. The number of rotatable bonds is 10. The van der Waals surface area contributed by atoms with Gasteiger partial charge in [-0.1, -0.05) is 57.0 Å². The van der Waals surface area contributed by atoms with Crippen molar-refractivity contribution in [2.45, 2.75) is 71.1 Å². The van der Waals surface area contributed by atoms with Crippen molar-refractivity contribution < 1.29 is 19.5 Å². The number of hydrogen-bond donors (Lipinski definition) is 3. The smallest absolute Gasteiger partial charge is 0.320 e. The van der Waals surface area contributed by atoms with Crippen molar-refractivity contribution in [3.63, 3.8) is 0 Å². The van der Waals surface area contributed by atoms with Crippen LogP contribution in [0.2, 0.25) is 0 Å². The molecule has 1 saturated heterocycles. The molecule has 1 heterocycles. The molecule has 2 amide bonds. The zero-order valence-electron chi connectivity index (χ0n) is 18.4. The molecule has 0 unspecified atom stereocenters. The van der Waals surface area contributed by atoms with Crippen LogP contribution in [-0.2, 0) is 20.9 Å². The van der Waals surface area contributed by atoms with Gasteiger partial charge in [-0.3, -0.25) is 19.3 Å². The van der Waals surface area contributed by atoms with Crippen LogP contribution in [0.5, 0.6) is 0 Å². The fourth-order valence-electron chi connectivity index (χ4n) is 4.69. The summed E-state index contributed by atoms with van der Waals surface area (Å²) >= 11 is 0. The summed E-state index contributed by atoms with van der Waals surface area (Å²) in [4.78, 5) is 38.8. The van der Waals surface area contributed by atoms with Crippen molar-refractivity contribution in [1.82, 2.24) is 15.5 Å². The van der Waals surface area contributed by atoms with Crippen LogP contribution in [0, 0.1) is 11.8 Å². The third-order valence-electron chi connectivity index (χ3n) is 6.29. The lowest BCUT2D eigenvalue weighted by atomic mass is 9.85. The normalized spacial score (nSPS) is 22.6. The number of carbonyl (C=O) groups excluding carboxylic acids is 2. The van der Waals surface area contributed by atoms with Gasteiger partial charge in [-0.05, 0) is 24.3 Å². The summed E-state index contributed by atoms with van der Waals surface area (Å²) in [7, 11) is 1.57. The van der Waals surface area contributed by atoms with Crippen LogP contribution in [0.1, 0.15) is 52.0 Å². The first-order chi connectivity index (χ1) is 14.3. The van der Waals surface area contributed by atoms with Gasteiger partial charge in [0.05, 0.1) is 5.92 Å². The first kappa shape index (κ1) is 23.9. The largest absolute Gasteiger partial charge is 0.480 e. The van der Waals surface area contributed by atoms with Gasteiger partial charge >= 0.3 is 5.97 Å². The van der Waals surface area contributed by atoms with Gasteiger partial charge in [-0.2, -0.15) is 0 Å². The lowest BCUT2D eigenvalue weighted by molar-refractivity contribution is -0.143. The molecule has 7 heteroatoms. The van der Waals surface area contributed by atoms with E-state index in [4.69, 9.17) is 0 Å². The zero-order valence-corrected chi connectivity index (χ0v) is 18.4. The van der Waals surface area contributed by atoms with Crippen molar-refractivity contribution in [2.24, 2.45) is 11.8 Å². The van der Waals surface area contributed by atoms with Gasteiger partial charge in [-0.15, -0.1) is 0 Å². The molecule has 0 bridgehead atoms. The lowest BCUT2D eigenvalue weighted by Gasteiger charge is -2.37. The fraction of sp³-hybridized carbons (Fsp3) is 0.609. The first-order valence-corrected chi connectivity index (χ1v) is 10.8. The monoisotopic (exact) mass is 417 g/mol. The van der Waals surface area contributed by atoms with E-state index in [0.29, 0.717) is 18.9 Å². The summed E-state index contributed by atoms with van der Waals surface area (Å²) in [5.41, 5.74) is 0.982. The van der Waals surface area contributed by atoms with Gasteiger partial charge in [0.2, 0.25) is 11.8 Å². The first-order valence-electron chi connectivity index (χ1n) is 10.8. The second kappa shape index (κ2) is 11.1. The van der Waals surface area contributed by atoms with Crippen molar-refractivity contribution in [1.29, 1.82) is 0 Å². The third-order valence-corrected chi connectivity index (χ3v) is 6.29. The predicted molar refractivity (Wildman–Crippen MR) is 116 cm³/mol. The average Bonchev–Trinajstić information content (AvgIpc) is 3.10. The van der Waals surface area contributed by atoms with E-state index >= 15 is 0 Å².